The van der Waals surface area contributed by atoms with Crippen LogP contribution in [0.5, 0.6) is 0 Å². The monoisotopic (exact) mass is 306 g/mol. The van der Waals surface area contributed by atoms with E-state index in [4.69, 9.17) is 16.2 Å². The van der Waals surface area contributed by atoms with Crippen molar-refractivity contribution in [2.45, 2.75) is 0 Å². The second-order valence-electron chi connectivity index (χ2n) is 0.274. The summed E-state index contributed by atoms with van der Waals surface area (Å²) < 4.78 is 0. The van der Waals surface area contributed by atoms with Crippen LogP contribution in [-0.4, -0.2) is 15.5 Å². The van der Waals surface area contributed by atoms with E-state index in [9.17, 15) is 0 Å². The maximum atomic E-state index is 7.13. The molecular weight excluding hydrogens is 301 g/mol. The van der Waals surface area contributed by atoms with E-state index in [-0.39, 0.29) is 33.4 Å². The van der Waals surface area contributed by atoms with Gasteiger partial charge in [-0.25, -0.2) is 0 Å². The zero-order chi connectivity index (χ0) is 8.12. The van der Waals surface area contributed by atoms with Gasteiger partial charge in [0.2, 0.25) is 0 Å². The van der Waals surface area contributed by atoms with Crippen molar-refractivity contribution >= 4 is 52.1 Å². The van der Waals surface area contributed by atoms with Gasteiger partial charge in [-0.05, 0) is 0 Å². The van der Waals surface area contributed by atoms with Crippen molar-refractivity contribution in [3.8, 4) is 0 Å². The first kappa shape index (κ1) is 30.2. The summed E-state index contributed by atoms with van der Waals surface area (Å²) in [6.07, 6.45) is 0. The SMILES string of the molecule is [Cd+2].[N-]=C=S.[N-]=C=S.[N-]=C=S.[NH4+]. The third kappa shape index (κ3) is 8860. The minimum atomic E-state index is 0. The van der Waals surface area contributed by atoms with E-state index in [1.165, 1.54) is 15.5 Å². The Labute approximate surface area is 101 Å². The predicted molar refractivity (Wildman–Crippen MR) is 53.9 cm³/mol. The molecule has 0 saturated carbocycles. The van der Waals surface area contributed by atoms with Gasteiger partial charge in [-0.15, -0.1) is 0 Å². The van der Waals surface area contributed by atoms with E-state index in [1.54, 1.807) is 0 Å². The normalized spacial score (nSPS) is 2.18. The van der Waals surface area contributed by atoms with Gasteiger partial charge in [-0.2, -0.15) is 15.5 Å². The van der Waals surface area contributed by atoms with Crippen LogP contribution in [0.2, 0.25) is 0 Å². The van der Waals surface area contributed by atoms with Gasteiger partial charge in [0.25, 0.3) is 0 Å². The minimum Gasteiger partial charge on any atom is -0.753 e. The fourth-order valence-electron chi connectivity index (χ4n) is 0. The Balaban J connectivity index is -0.0000000150. The molecule has 0 aliphatic rings. The van der Waals surface area contributed by atoms with Crippen LogP contribution in [-0.2, 0) is 27.3 Å². The van der Waals surface area contributed by atoms with Crippen LogP contribution in [0.15, 0.2) is 0 Å². The van der Waals surface area contributed by atoms with Gasteiger partial charge < -0.3 is 22.4 Å². The topological polar surface area (TPSA) is 103 Å². The Kier molecular flexibility index (Phi) is 226. The third-order valence-electron chi connectivity index (χ3n) is 0. The second-order valence-corrected chi connectivity index (χ2v) is 0.822. The van der Waals surface area contributed by atoms with Gasteiger partial charge in [0.1, 0.15) is 0 Å². The Hall–Kier alpha value is 0.282. The van der Waals surface area contributed by atoms with Gasteiger partial charge in [0, 0.05) is 0 Å². The van der Waals surface area contributed by atoms with Gasteiger partial charge >= 0.3 is 27.3 Å². The average molecular weight is 305 g/mol. The molecule has 0 bridgehead atoms. The first-order valence-corrected chi connectivity index (χ1v) is 2.51. The number of nitrogens with zero attached hydrogens (tertiary/aromatic N) is 3. The zero-order valence-electron chi connectivity index (χ0n) is 5.77. The van der Waals surface area contributed by atoms with Crippen molar-refractivity contribution in [2.24, 2.45) is 0 Å². The van der Waals surface area contributed by atoms with Crippen molar-refractivity contribution in [2.75, 3.05) is 0 Å². The van der Waals surface area contributed by atoms with Crippen molar-refractivity contribution in [1.82, 2.24) is 6.15 Å². The molecule has 8 heteroatoms. The van der Waals surface area contributed by atoms with Gasteiger partial charge in [0.15, 0.2) is 0 Å². The summed E-state index contributed by atoms with van der Waals surface area (Å²) >= 11 is 11.1. The molecule has 11 heavy (non-hydrogen) atoms. The molecule has 0 fully saturated rings. The molecule has 0 rings (SSSR count). The van der Waals surface area contributed by atoms with E-state index in [1.807, 2.05) is 0 Å². The van der Waals surface area contributed by atoms with Crippen molar-refractivity contribution in [3.05, 3.63) is 16.2 Å². The summed E-state index contributed by atoms with van der Waals surface area (Å²) in [5.74, 6) is 0. The number of rotatable bonds is 0. The van der Waals surface area contributed by atoms with Gasteiger partial charge in [-0.1, -0.05) is 36.7 Å². The number of quaternary nitrogens is 1. The largest absolute Gasteiger partial charge is 2.00 e. The molecule has 0 saturated heterocycles. The Morgan fingerprint density at radius 2 is 0.727 bits per heavy atom. The Bertz CT molecular complexity index is 112. The molecule has 56 valence electrons. The smallest absolute Gasteiger partial charge is 0.753 e. The van der Waals surface area contributed by atoms with Crippen LogP contribution in [0.1, 0.15) is 0 Å². The van der Waals surface area contributed by atoms with E-state index in [0.29, 0.717) is 0 Å². The van der Waals surface area contributed by atoms with E-state index in [2.05, 4.69) is 36.7 Å². The summed E-state index contributed by atoms with van der Waals surface area (Å²) in [6.45, 7) is 0. The summed E-state index contributed by atoms with van der Waals surface area (Å²) in [7, 11) is 0. The van der Waals surface area contributed by atoms with Crippen LogP contribution < -0.4 is 6.15 Å². The maximum absolute atomic E-state index is 7.13. The van der Waals surface area contributed by atoms with Crippen molar-refractivity contribution in [1.29, 1.82) is 0 Å². The van der Waals surface area contributed by atoms with Crippen LogP contribution in [0.3, 0.4) is 0 Å². The zero-order valence-corrected chi connectivity index (χ0v) is 12.3. The van der Waals surface area contributed by atoms with E-state index in [0.717, 1.165) is 0 Å². The van der Waals surface area contributed by atoms with Crippen LogP contribution >= 0.6 is 36.7 Å². The molecule has 0 heterocycles. The average Bonchev–Trinajstić information content (AvgIpc) is 1.70. The molecule has 0 radical (unpaired) electrons. The molecule has 4 N–H and O–H groups in total. The second kappa shape index (κ2) is 82.2. The quantitative estimate of drug-likeness (QED) is 0.422. The minimum absolute atomic E-state index is 0. The first-order chi connectivity index (χ1) is 4.24. The van der Waals surface area contributed by atoms with Crippen LogP contribution in [0, 0.1) is 0 Å². The summed E-state index contributed by atoms with van der Waals surface area (Å²) in [5, 5.41) is 25.4. The Morgan fingerprint density at radius 3 is 0.727 bits per heavy atom. The summed E-state index contributed by atoms with van der Waals surface area (Å²) in [6, 6.07) is 0. The number of hydrogen-bond acceptors (Lipinski definition) is 3. The summed E-state index contributed by atoms with van der Waals surface area (Å²) in [5.41, 5.74) is 0. The maximum Gasteiger partial charge on any atom is 2.00 e. The number of isothiocyanates is 3. The predicted octanol–water partition coefficient (Wildman–Crippen LogP) is 2.35. The van der Waals surface area contributed by atoms with Crippen LogP contribution in [0.25, 0.3) is 16.2 Å². The molecule has 0 spiro atoms. The fourth-order valence-corrected chi connectivity index (χ4v) is 0. The molecule has 0 aromatic heterocycles. The van der Waals surface area contributed by atoms with Gasteiger partial charge in [0.05, 0.1) is 0 Å². The van der Waals surface area contributed by atoms with Crippen molar-refractivity contribution in [3.63, 3.8) is 0 Å². The van der Waals surface area contributed by atoms with E-state index < -0.39 is 0 Å². The van der Waals surface area contributed by atoms with E-state index >= 15 is 0 Å². The third-order valence-corrected chi connectivity index (χ3v) is 0. The van der Waals surface area contributed by atoms with Crippen molar-refractivity contribution < 1.29 is 27.3 Å². The molecule has 4 nitrogen and oxygen atoms in total. The summed E-state index contributed by atoms with van der Waals surface area (Å²) in [4.78, 5) is 0. The van der Waals surface area contributed by atoms with Gasteiger partial charge in [-0.3, -0.25) is 0 Å². The standard InChI is InChI=1S/3CNS.Cd.H3N/c3*2-1-3;;/h;;;;1H3/q3*-1;+2;/p+1. The number of hydrogen-bond donors (Lipinski definition) is 1. The molecular formula is C3H4CdN4S3. The van der Waals surface area contributed by atoms with Crippen LogP contribution in [0.4, 0.5) is 0 Å². The molecule has 0 aromatic carbocycles. The number of thiocarbonyl (C=S) groups is 3. The fraction of sp³-hybridized carbons (Fsp3) is 0. The first-order valence-electron chi connectivity index (χ1n) is 1.28. The molecule has 0 unspecified atom stereocenters. The molecule has 0 aliphatic carbocycles. The Morgan fingerprint density at radius 1 is 0.727 bits per heavy atom. The molecule has 0 aromatic rings. The molecule has 0 aliphatic heterocycles. The molecule has 0 atom stereocenters. The molecule has 0 amide bonds.